The molecule has 1 amide bonds. The van der Waals surface area contributed by atoms with Gasteiger partial charge in [-0.2, -0.15) is 11.8 Å². The zero-order valence-corrected chi connectivity index (χ0v) is 14.2. The molecule has 4 nitrogen and oxygen atoms in total. The molecule has 3 N–H and O–H groups in total. The lowest BCUT2D eigenvalue weighted by atomic mass is 10.1. The van der Waals surface area contributed by atoms with Crippen LogP contribution in [0.1, 0.15) is 24.5 Å². The summed E-state index contributed by atoms with van der Waals surface area (Å²) in [6.07, 6.45) is 5.04. The molecule has 0 saturated heterocycles. The number of benzene rings is 1. The Kier molecular flexibility index (Phi) is 5.53. The summed E-state index contributed by atoms with van der Waals surface area (Å²) in [7, 11) is 0. The van der Waals surface area contributed by atoms with Crippen molar-refractivity contribution in [3.63, 3.8) is 0 Å². The molecular weight excluding hydrogens is 296 g/mol. The zero-order valence-electron chi connectivity index (χ0n) is 13.4. The minimum Gasteiger partial charge on any atom is -0.387 e. The number of amides is 1. The van der Waals surface area contributed by atoms with Crippen LogP contribution in [0.25, 0.3) is 10.9 Å². The van der Waals surface area contributed by atoms with Crippen LogP contribution in [0.4, 0.5) is 0 Å². The number of carbonyl (C=O) groups is 1. The van der Waals surface area contributed by atoms with Gasteiger partial charge in [-0.05, 0) is 37.7 Å². The highest BCUT2D eigenvalue weighted by molar-refractivity contribution is 7.98. The van der Waals surface area contributed by atoms with Gasteiger partial charge in [0, 0.05) is 35.8 Å². The van der Waals surface area contributed by atoms with Gasteiger partial charge in [0.25, 0.3) is 0 Å². The Morgan fingerprint density at radius 1 is 1.45 bits per heavy atom. The highest BCUT2D eigenvalue weighted by Gasteiger charge is 2.20. The van der Waals surface area contributed by atoms with Gasteiger partial charge in [-0.1, -0.05) is 18.2 Å². The van der Waals surface area contributed by atoms with Gasteiger partial charge in [0.1, 0.15) is 0 Å². The number of H-pyrrole nitrogens is 1. The molecule has 0 bridgehead atoms. The van der Waals surface area contributed by atoms with Crippen LogP contribution in [0.5, 0.6) is 0 Å². The Bertz CT molecular complexity index is 649. The molecule has 1 aromatic carbocycles. The highest BCUT2D eigenvalue weighted by Crippen LogP contribution is 2.22. The predicted octanol–water partition coefficient (Wildman–Crippen LogP) is 2.64. The molecule has 0 saturated carbocycles. The van der Waals surface area contributed by atoms with Crippen LogP contribution in [-0.4, -0.2) is 40.2 Å². The fraction of sp³-hybridized carbons (Fsp3) is 0.471. The number of aromatic nitrogens is 1. The second-order valence-electron chi connectivity index (χ2n) is 6.02. The molecule has 2 rings (SSSR count). The van der Waals surface area contributed by atoms with E-state index >= 15 is 0 Å². The third kappa shape index (κ3) is 4.27. The Labute approximate surface area is 135 Å². The lowest BCUT2D eigenvalue weighted by Crippen LogP contribution is -2.42. The summed E-state index contributed by atoms with van der Waals surface area (Å²) in [6, 6.07) is 6.19. The van der Waals surface area contributed by atoms with E-state index in [4.69, 9.17) is 0 Å². The highest BCUT2D eigenvalue weighted by atomic mass is 32.2. The van der Waals surface area contributed by atoms with Gasteiger partial charge in [-0.25, -0.2) is 0 Å². The minimum atomic E-state index is -0.854. The summed E-state index contributed by atoms with van der Waals surface area (Å²) in [4.78, 5) is 15.2. The van der Waals surface area contributed by atoms with Crippen LogP contribution in [0, 0.1) is 6.92 Å². The number of para-hydroxylation sites is 1. The molecule has 1 heterocycles. The summed E-state index contributed by atoms with van der Waals surface area (Å²) in [6.45, 7) is 4.11. The smallest absolute Gasteiger partial charge is 0.220 e. The number of aromatic amines is 1. The van der Waals surface area contributed by atoms with Gasteiger partial charge in [0.15, 0.2) is 0 Å². The molecule has 0 aliphatic carbocycles. The molecule has 0 radical (unpaired) electrons. The van der Waals surface area contributed by atoms with Crippen molar-refractivity contribution in [3.05, 3.63) is 35.5 Å². The van der Waals surface area contributed by atoms with E-state index in [2.05, 4.69) is 29.4 Å². The van der Waals surface area contributed by atoms with Crippen LogP contribution >= 0.6 is 11.8 Å². The standard InChI is InChI=1S/C17H24N2O2S/c1-12-5-4-6-14-13(9-18-16(12)14)7-8-15(20)19-10-17(2,21)11-22-3/h4-6,9,18,21H,7-8,10-11H2,1-3H3,(H,19,20). The molecule has 1 unspecified atom stereocenters. The zero-order chi connectivity index (χ0) is 16.2. The van der Waals surface area contributed by atoms with Gasteiger partial charge in [-0.3, -0.25) is 4.79 Å². The predicted molar refractivity (Wildman–Crippen MR) is 93.4 cm³/mol. The third-order valence-corrected chi connectivity index (χ3v) is 4.66. The van der Waals surface area contributed by atoms with Crippen molar-refractivity contribution in [2.45, 2.75) is 32.3 Å². The summed E-state index contributed by atoms with van der Waals surface area (Å²) in [5.74, 6) is 0.582. The molecule has 5 heteroatoms. The normalized spacial score (nSPS) is 14.0. The number of aryl methyl sites for hydroxylation is 2. The molecule has 120 valence electrons. The van der Waals surface area contributed by atoms with Crippen molar-refractivity contribution >= 4 is 28.6 Å². The number of nitrogens with one attached hydrogen (secondary N) is 2. The molecule has 1 aromatic heterocycles. The molecule has 22 heavy (non-hydrogen) atoms. The van der Waals surface area contributed by atoms with E-state index in [0.717, 1.165) is 11.1 Å². The number of aliphatic hydroxyl groups is 1. The lowest BCUT2D eigenvalue weighted by Gasteiger charge is -2.22. The summed E-state index contributed by atoms with van der Waals surface area (Å²) < 4.78 is 0. The topological polar surface area (TPSA) is 65.1 Å². The summed E-state index contributed by atoms with van der Waals surface area (Å²) >= 11 is 1.57. The van der Waals surface area contributed by atoms with E-state index in [9.17, 15) is 9.90 Å². The van der Waals surface area contributed by atoms with Crippen LogP contribution in [0.2, 0.25) is 0 Å². The van der Waals surface area contributed by atoms with E-state index < -0.39 is 5.60 Å². The van der Waals surface area contributed by atoms with E-state index in [0.29, 0.717) is 25.1 Å². The maximum atomic E-state index is 12.0. The first-order chi connectivity index (χ1) is 10.4. The second kappa shape index (κ2) is 7.20. The number of hydrogen-bond donors (Lipinski definition) is 3. The van der Waals surface area contributed by atoms with Crippen molar-refractivity contribution in [1.82, 2.24) is 10.3 Å². The summed E-state index contributed by atoms with van der Waals surface area (Å²) in [5.41, 5.74) is 2.65. The number of thioether (sulfide) groups is 1. The van der Waals surface area contributed by atoms with Crippen molar-refractivity contribution in [2.24, 2.45) is 0 Å². The maximum absolute atomic E-state index is 12.0. The van der Waals surface area contributed by atoms with Gasteiger partial charge in [0.05, 0.1) is 5.60 Å². The molecular formula is C17H24N2O2S. The molecule has 0 fully saturated rings. The first kappa shape index (κ1) is 16.9. The Hall–Kier alpha value is -1.46. The number of hydrogen-bond acceptors (Lipinski definition) is 3. The van der Waals surface area contributed by atoms with Crippen molar-refractivity contribution in [3.8, 4) is 0 Å². The maximum Gasteiger partial charge on any atom is 0.220 e. The van der Waals surface area contributed by atoms with Crippen molar-refractivity contribution in [1.29, 1.82) is 0 Å². The SMILES string of the molecule is CSCC(C)(O)CNC(=O)CCc1c[nH]c2c(C)cccc12. The van der Waals surface area contributed by atoms with Crippen LogP contribution in [0.3, 0.4) is 0 Å². The van der Waals surface area contributed by atoms with Gasteiger partial charge < -0.3 is 15.4 Å². The van der Waals surface area contributed by atoms with Crippen molar-refractivity contribution in [2.75, 3.05) is 18.6 Å². The van der Waals surface area contributed by atoms with Crippen LogP contribution in [0.15, 0.2) is 24.4 Å². The third-order valence-electron chi connectivity index (χ3n) is 3.75. The number of rotatable bonds is 7. The van der Waals surface area contributed by atoms with Crippen LogP contribution < -0.4 is 5.32 Å². The fourth-order valence-electron chi connectivity index (χ4n) is 2.56. The molecule has 2 aromatic rings. The van der Waals surface area contributed by atoms with Gasteiger partial charge in [-0.15, -0.1) is 0 Å². The van der Waals surface area contributed by atoms with E-state index in [1.54, 1.807) is 18.7 Å². The van der Waals surface area contributed by atoms with E-state index in [1.165, 1.54) is 10.9 Å². The van der Waals surface area contributed by atoms with E-state index in [1.807, 2.05) is 18.5 Å². The largest absolute Gasteiger partial charge is 0.387 e. The Balaban J connectivity index is 1.89. The van der Waals surface area contributed by atoms with Crippen LogP contribution in [-0.2, 0) is 11.2 Å². The first-order valence-electron chi connectivity index (χ1n) is 7.46. The lowest BCUT2D eigenvalue weighted by molar-refractivity contribution is -0.122. The molecule has 1 atom stereocenters. The monoisotopic (exact) mass is 320 g/mol. The average molecular weight is 320 g/mol. The molecule has 0 aliphatic rings. The minimum absolute atomic E-state index is 0.0246. The number of fused-ring (bicyclic) bond motifs is 1. The average Bonchev–Trinajstić information content (AvgIpc) is 2.88. The number of carbonyl (C=O) groups excluding carboxylic acids is 1. The van der Waals surface area contributed by atoms with E-state index in [-0.39, 0.29) is 5.91 Å². The Morgan fingerprint density at radius 3 is 2.95 bits per heavy atom. The van der Waals surface area contributed by atoms with Crippen molar-refractivity contribution < 1.29 is 9.90 Å². The van der Waals surface area contributed by atoms with Gasteiger partial charge >= 0.3 is 0 Å². The van der Waals surface area contributed by atoms with Gasteiger partial charge in [0.2, 0.25) is 5.91 Å². The first-order valence-corrected chi connectivity index (χ1v) is 8.86. The second-order valence-corrected chi connectivity index (χ2v) is 6.88. The molecule has 0 aliphatic heterocycles. The fourth-order valence-corrected chi connectivity index (χ4v) is 3.28. The quantitative estimate of drug-likeness (QED) is 0.735. The Morgan fingerprint density at radius 2 is 2.23 bits per heavy atom. The molecule has 0 spiro atoms. The summed E-state index contributed by atoms with van der Waals surface area (Å²) in [5, 5.41) is 14.0.